The van der Waals surface area contributed by atoms with Crippen LogP contribution in [0.1, 0.15) is 43.7 Å². The Morgan fingerprint density at radius 3 is 2.56 bits per heavy atom. The SMILES string of the molecule is CCCCCCOc1ccc(/C=C(\C#N)C(=O)Nc2cccc(C(F)(F)F)c2)cc1OC. The lowest BCUT2D eigenvalue weighted by Gasteiger charge is -2.12. The fourth-order valence-corrected chi connectivity index (χ4v) is 2.89. The van der Waals surface area contributed by atoms with Crippen molar-refractivity contribution in [3.05, 3.63) is 59.2 Å². The van der Waals surface area contributed by atoms with Gasteiger partial charge in [-0.15, -0.1) is 0 Å². The Kier molecular flexibility index (Phi) is 9.14. The second-order valence-electron chi connectivity index (χ2n) is 7.02. The van der Waals surface area contributed by atoms with Gasteiger partial charge in [-0.25, -0.2) is 0 Å². The minimum absolute atomic E-state index is 0.0598. The summed E-state index contributed by atoms with van der Waals surface area (Å²) in [6, 6.07) is 11.0. The highest BCUT2D eigenvalue weighted by Gasteiger charge is 2.30. The van der Waals surface area contributed by atoms with E-state index in [2.05, 4.69) is 12.2 Å². The third-order valence-electron chi connectivity index (χ3n) is 4.57. The van der Waals surface area contributed by atoms with Gasteiger partial charge in [-0.05, 0) is 48.4 Å². The molecule has 0 aliphatic carbocycles. The number of rotatable bonds is 10. The van der Waals surface area contributed by atoms with Crippen molar-refractivity contribution in [3.8, 4) is 17.6 Å². The zero-order chi connectivity index (χ0) is 23.6. The van der Waals surface area contributed by atoms with Gasteiger partial charge in [-0.2, -0.15) is 18.4 Å². The number of carbonyl (C=O) groups is 1. The van der Waals surface area contributed by atoms with E-state index in [0.717, 1.165) is 37.8 Å². The van der Waals surface area contributed by atoms with E-state index in [4.69, 9.17) is 9.47 Å². The predicted molar refractivity (Wildman–Crippen MR) is 116 cm³/mol. The molecule has 0 aliphatic heterocycles. The molecule has 0 saturated heterocycles. The Labute approximate surface area is 185 Å². The van der Waals surface area contributed by atoms with Gasteiger partial charge in [0.1, 0.15) is 11.6 Å². The Morgan fingerprint density at radius 1 is 1.12 bits per heavy atom. The molecule has 32 heavy (non-hydrogen) atoms. The summed E-state index contributed by atoms with van der Waals surface area (Å²) >= 11 is 0. The fourth-order valence-electron chi connectivity index (χ4n) is 2.89. The summed E-state index contributed by atoms with van der Waals surface area (Å²) in [7, 11) is 1.48. The van der Waals surface area contributed by atoms with Gasteiger partial charge in [-0.3, -0.25) is 4.79 Å². The highest BCUT2D eigenvalue weighted by Crippen LogP contribution is 2.31. The minimum Gasteiger partial charge on any atom is -0.493 e. The highest BCUT2D eigenvalue weighted by atomic mass is 19.4. The van der Waals surface area contributed by atoms with Crippen LogP contribution in [0.4, 0.5) is 18.9 Å². The van der Waals surface area contributed by atoms with Crippen molar-refractivity contribution >= 4 is 17.7 Å². The lowest BCUT2D eigenvalue weighted by atomic mass is 10.1. The summed E-state index contributed by atoms with van der Waals surface area (Å²) < 4.78 is 49.6. The second-order valence-corrected chi connectivity index (χ2v) is 7.02. The number of benzene rings is 2. The molecular formula is C24H25F3N2O3. The number of amides is 1. The largest absolute Gasteiger partial charge is 0.493 e. The first-order valence-corrected chi connectivity index (χ1v) is 10.2. The normalized spacial score (nSPS) is 11.6. The molecule has 0 heterocycles. The van der Waals surface area contributed by atoms with Gasteiger partial charge in [0.2, 0.25) is 0 Å². The number of nitriles is 1. The molecule has 0 bridgehead atoms. The second kappa shape index (κ2) is 11.8. The van der Waals surface area contributed by atoms with Gasteiger partial charge in [0.05, 0.1) is 19.3 Å². The van der Waals surface area contributed by atoms with E-state index in [9.17, 15) is 23.2 Å². The van der Waals surface area contributed by atoms with E-state index in [0.29, 0.717) is 23.7 Å². The number of anilines is 1. The standard InChI is InChI=1S/C24H25F3N2O3/c1-3-4-5-6-12-32-21-11-10-17(14-22(21)31-2)13-18(16-28)23(30)29-20-9-7-8-19(15-20)24(25,26)27/h7-11,13-15H,3-6,12H2,1-2H3,(H,29,30)/b18-13+. The number of hydrogen-bond acceptors (Lipinski definition) is 4. The Hall–Kier alpha value is -3.47. The predicted octanol–water partition coefficient (Wildman–Crippen LogP) is 6.22. The minimum atomic E-state index is -4.54. The molecule has 0 saturated carbocycles. The van der Waals surface area contributed by atoms with Crippen LogP contribution in [0.15, 0.2) is 48.0 Å². The van der Waals surface area contributed by atoms with Crippen LogP contribution >= 0.6 is 0 Å². The van der Waals surface area contributed by atoms with E-state index in [1.807, 2.05) is 0 Å². The van der Waals surface area contributed by atoms with Crippen molar-refractivity contribution < 1.29 is 27.4 Å². The van der Waals surface area contributed by atoms with Gasteiger partial charge >= 0.3 is 6.18 Å². The molecule has 2 aromatic rings. The molecule has 1 N–H and O–H groups in total. The van der Waals surface area contributed by atoms with Crippen LogP contribution < -0.4 is 14.8 Å². The molecule has 2 rings (SSSR count). The van der Waals surface area contributed by atoms with Crippen molar-refractivity contribution in [2.45, 2.75) is 38.8 Å². The topological polar surface area (TPSA) is 71.3 Å². The molecule has 0 aliphatic rings. The number of carbonyl (C=O) groups excluding carboxylic acids is 1. The van der Waals surface area contributed by atoms with Gasteiger partial charge in [-0.1, -0.05) is 38.3 Å². The van der Waals surface area contributed by atoms with Crippen molar-refractivity contribution in [2.75, 3.05) is 19.0 Å². The summed E-state index contributed by atoms with van der Waals surface area (Å²) in [4.78, 5) is 12.4. The maximum Gasteiger partial charge on any atom is 0.416 e. The van der Waals surface area contributed by atoms with E-state index in [1.165, 1.54) is 25.3 Å². The smallest absolute Gasteiger partial charge is 0.416 e. The molecule has 0 unspecified atom stereocenters. The first-order valence-electron chi connectivity index (χ1n) is 10.2. The molecule has 0 spiro atoms. The average molecular weight is 446 g/mol. The first kappa shape index (κ1) is 24.8. The van der Waals surface area contributed by atoms with Crippen LogP contribution in [0.25, 0.3) is 6.08 Å². The van der Waals surface area contributed by atoms with Crippen molar-refractivity contribution in [1.82, 2.24) is 0 Å². The summed E-state index contributed by atoms with van der Waals surface area (Å²) in [5, 5.41) is 11.7. The Bertz CT molecular complexity index is 995. The molecule has 0 atom stereocenters. The number of unbranched alkanes of at least 4 members (excludes halogenated alkanes) is 3. The van der Waals surface area contributed by atoms with Gasteiger partial charge in [0.15, 0.2) is 11.5 Å². The van der Waals surface area contributed by atoms with Gasteiger partial charge in [0, 0.05) is 5.69 Å². The molecule has 5 nitrogen and oxygen atoms in total. The molecule has 170 valence electrons. The number of nitrogens with zero attached hydrogens (tertiary/aromatic N) is 1. The van der Waals surface area contributed by atoms with Crippen LogP contribution in [0.5, 0.6) is 11.5 Å². The Morgan fingerprint density at radius 2 is 1.91 bits per heavy atom. The first-order chi connectivity index (χ1) is 15.3. The maximum atomic E-state index is 12.9. The number of ether oxygens (including phenoxy) is 2. The molecule has 1 amide bonds. The molecular weight excluding hydrogens is 421 g/mol. The third-order valence-corrected chi connectivity index (χ3v) is 4.57. The quantitative estimate of drug-likeness (QED) is 0.267. The lowest BCUT2D eigenvalue weighted by molar-refractivity contribution is -0.137. The van der Waals surface area contributed by atoms with Crippen LogP contribution in [-0.2, 0) is 11.0 Å². The Balaban J connectivity index is 2.13. The summed E-state index contributed by atoms with van der Waals surface area (Å²) in [5.74, 6) is 0.180. The van der Waals surface area contributed by atoms with Crippen LogP contribution in [0, 0.1) is 11.3 Å². The summed E-state index contributed by atoms with van der Waals surface area (Å²) in [6.07, 6.45) is 1.07. The zero-order valence-corrected chi connectivity index (χ0v) is 18.0. The van der Waals surface area contributed by atoms with Crippen LogP contribution in [-0.4, -0.2) is 19.6 Å². The highest BCUT2D eigenvalue weighted by molar-refractivity contribution is 6.09. The summed E-state index contributed by atoms with van der Waals surface area (Å²) in [6.45, 7) is 2.68. The average Bonchev–Trinajstić information content (AvgIpc) is 2.77. The molecule has 0 fully saturated rings. The molecule has 0 aromatic heterocycles. The van der Waals surface area contributed by atoms with Gasteiger partial charge in [0.25, 0.3) is 5.91 Å². The third kappa shape index (κ3) is 7.34. The monoisotopic (exact) mass is 446 g/mol. The number of nitrogens with one attached hydrogen (secondary N) is 1. The van der Waals surface area contributed by atoms with Crippen LogP contribution in [0.3, 0.4) is 0 Å². The number of methoxy groups -OCH3 is 1. The number of halogens is 3. The zero-order valence-electron chi connectivity index (χ0n) is 18.0. The van der Waals surface area contributed by atoms with Gasteiger partial charge < -0.3 is 14.8 Å². The molecule has 0 radical (unpaired) electrons. The van der Waals surface area contributed by atoms with E-state index >= 15 is 0 Å². The van der Waals surface area contributed by atoms with E-state index in [1.54, 1.807) is 24.3 Å². The van der Waals surface area contributed by atoms with Crippen LogP contribution in [0.2, 0.25) is 0 Å². The number of hydrogen-bond donors (Lipinski definition) is 1. The van der Waals surface area contributed by atoms with E-state index in [-0.39, 0.29) is 11.3 Å². The van der Waals surface area contributed by atoms with E-state index < -0.39 is 17.6 Å². The summed E-state index contributed by atoms with van der Waals surface area (Å²) in [5.41, 5.74) is -0.711. The van der Waals surface area contributed by atoms with Crippen molar-refractivity contribution in [2.24, 2.45) is 0 Å². The fraction of sp³-hybridized carbons (Fsp3) is 0.333. The van der Waals surface area contributed by atoms with Crippen molar-refractivity contribution in [3.63, 3.8) is 0 Å². The molecule has 2 aromatic carbocycles. The lowest BCUT2D eigenvalue weighted by Crippen LogP contribution is -2.14. The molecule has 8 heteroatoms. The maximum absolute atomic E-state index is 12.9. The van der Waals surface area contributed by atoms with Crippen molar-refractivity contribution in [1.29, 1.82) is 5.26 Å². The number of alkyl halides is 3.